The van der Waals surface area contributed by atoms with Crippen molar-refractivity contribution in [3.63, 3.8) is 0 Å². The second kappa shape index (κ2) is 4.86. The molecule has 2 amide bonds. The number of aryl methyl sites for hydroxylation is 1. The quantitative estimate of drug-likeness (QED) is 0.185. The summed E-state index contributed by atoms with van der Waals surface area (Å²) in [5, 5.41) is 23.5. The highest BCUT2D eigenvalue weighted by Crippen LogP contribution is 2.45. The number of aromatic amines is 1. The summed E-state index contributed by atoms with van der Waals surface area (Å²) < 4.78 is 1.80. The van der Waals surface area contributed by atoms with Crippen molar-refractivity contribution in [1.82, 2.24) is 14.6 Å². The maximum absolute atomic E-state index is 13.0. The lowest BCUT2D eigenvalue weighted by Crippen LogP contribution is -2.36. The molecule has 8 nitrogen and oxygen atoms in total. The number of para-hydroxylation sites is 1. The van der Waals surface area contributed by atoms with Crippen LogP contribution in [0.2, 0.25) is 0 Å². The Hall–Kier alpha value is -4.04. The zero-order valence-electron chi connectivity index (χ0n) is 15.1. The van der Waals surface area contributed by atoms with Crippen molar-refractivity contribution < 1.29 is 19.8 Å². The zero-order chi connectivity index (χ0) is 20.2. The molecule has 3 aromatic carbocycles. The minimum Gasteiger partial charge on any atom is -0.508 e. The van der Waals surface area contributed by atoms with Gasteiger partial charge in [0, 0.05) is 34.7 Å². The van der Waals surface area contributed by atoms with E-state index in [2.05, 4.69) is 4.98 Å². The summed E-state index contributed by atoms with van der Waals surface area (Å²) in [5.74, 6) is 4.78. The molecule has 2 aromatic heterocycles. The number of nitrogens with two attached hydrogens (primary N) is 1. The maximum atomic E-state index is 13.0. The molecular formula is C21H14N4O4. The minimum absolute atomic E-state index is 0.0678. The molecule has 5 N–H and O–H groups in total. The Balaban J connectivity index is 2.03. The van der Waals surface area contributed by atoms with Crippen LogP contribution in [0.25, 0.3) is 43.6 Å². The molecule has 29 heavy (non-hydrogen) atoms. The van der Waals surface area contributed by atoms with Gasteiger partial charge in [0.1, 0.15) is 11.5 Å². The maximum Gasteiger partial charge on any atom is 0.276 e. The standard InChI is InChI=1S/C21H14N4O4/c1-24-18-10(3-2-4-12(18)27)14-16-15(20(28)25(22)21(16)29)13-9-6-5-8(26)7-11(9)23-17(13)19(14)24/h2-7,23,26-27H,22H2,1H3. The first-order valence-electron chi connectivity index (χ1n) is 8.94. The van der Waals surface area contributed by atoms with Gasteiger partial charge in [0.2, 0.25) is 0 Å². The number of phenols is 2. The molecule has 5 aromatic rings. The Bertz CT molecular complexity index is 1590. The number of nitrogens with one attached hydrogen (secondary N) is 1. The molecule has 0 fully saturated rings. The fourth-order valence-electron chi connectivity index (χ4n) is 4.67. The van der Waals surface area contributed by atoms with E-state index in [1.807, 2.05) is 0 Å². The van der Waals surface area contributed by atoms with Gasteiger partial charge in [0.15, 0.2) is 0 Å². The molecule has 0 aliphatic carbocycles. The summed E-state index contributed by atoms with van der Waals surface area (Å²) in [4.78, 5) is 29.2. The van der Waals surface area contributed by atoms with E-state index in [0.717, 1.165) is 0 Å². The van der Waals surface area contributed by atoms with Crippen molar-refractivity contribution in [3.05, 3.63) is 47.5 Å². The molecule has 0 saturated carbocycles. The van der Waals surface area contributed by atoms with Crippen molar-refractivity contribution in [2.45, 2.75) is 0 Å². The van der Waals surface area contributed by atoms with Crippen LogP contribution in [0.4, 0.5) is 0 Å². The summed E-state index contributed by atoms with van der Waals surface area (Å²) in [6.45, 7) is 0. The monoisotopic (exact) mass is 386 g/mol. The zero-order valence-corrected chi connectivity index (χ0v) is 15.1. The van der Waals surface area contributed by atoms with Crippen LogP contribution in [0.1, 0.15) is 20.7 Å². The summed E-state index contributed by atoms with van der Waals surface area (Å²) in [5.41, 5.74) is 2.93. The number of aromatic hydroxyl groups is 2. The SMILES string of the molecule is Cn1c2c(O)cccc2c2c3c(c4c5ccc(O)cc5[nH]c4c21)C(=O)N(N)C3=O. The lowest BCUT2D eigenvalue weighted by Gasteiger charge is -2.04. The average molecular weight is 386 g/mol. The fourth-order valence-corrected chi connectivity index (χ4v) is 4.67. The number of rotatable bonds is 0. The van der Waals surface area contributed by atoms with Gasteiger partial charge < -0.3 is 19.8 Å². The number of aromatic nitrogens is 2. The van der Waals surface area contributed by atoms with E-state index in [-0.39, 0.29) is 22.6 Å². The number of hydrazine groups is 1. The van der Waals surface area contributed by atoms with Gasteiger partial charge in [-0.2, -0.15) is 0 Å². The van der Waals surface area contributed by atoms with E-state index in [9.17, 15) is 19.8 Å². The summed E-state index contributed by atoms with van der Waals surface area (Å²) in [7, 11) is 1.79. The van der Waals surface area contributed by atoms with Crippen LogP contribution in [0.3, 0.4) is 0 Å². The van der Waals surface area contributed by atoms with Crippen LogP contribution in [-0.4, -0.2) is 36.6 Å². The van der Waals surface area contributed by atoms with Crippen LogP contribution in [0.5, 0.6) is 11.5 Å². The van der Waals surface area contributed by atoms with Gasteiger partial charge in [-0.05, 0) is 18.2 Å². The van der Waals surface area contributed by atoms with Crippen LogP contribution in [0.15, 0.2) is 36.4 Å². The first kappa shape index (κ1) is 16.0. The molecule has 8 heteroatoms. The van der Waals surface area contributed by atoms with Crippen molar-refractivity contribution in [2.75, 3.05) is 0 Å². The predicted octanol–water partition coefficient (Wildman–Crippen LogP) is 2.85. The highest BCUT2D eigenvalue weighted by atomic mass is 16.3. The Morgan fingerprint density at radius 2 is 1.66 bits per heavy atom. The van der Waals surface area contributed by atoms with Gasteiger partial charge in [-0.25, -0.2) is 10.9 Å². The smallest absolute Gasteiger partial charge is 0.276 e. The minimum atomic E-state index is -0.583. The molecule has 0 bridgehead atoms. The van der Waals surface area contributed by atoms with Gasteiger partial charge in [-0.15, -0.1) is 0 Å². The van der Waals surface area contributed by atoms with Crippen LogP contribution >= 0.6 is 0 Å². The number of amides is 2. The van der Waals surface area contributed by atoms with Crippen molar-refractivity contribution in [1.29, 1.82) is 0 Å². The van der Waals surface area contributed by atoms with Crippen LogP contribution < -0.4 is 5.84 Å². The molecule has 0 radical (unpaired) electrons. The van der Waals surface area contributed by atoms with Gasteiger partial charge in [-0.3, -0.25) is 9.59 Å². The van der Waals surface area contributed by atoms with Gasteiger partial charge in [0.25, 0.3) is 11.8 Å². The highest BCUT2D eigenvalue weighted by Gasteiger charge is 2.40. The number of hydrogen-bond acceptors (Lipinski definition) is 5. The van der Waals surface area contributed by atoms with Gasteiger partial charge >= 0.3 is 0 Å². The largest absolute Gasteiger partial charge is 0.508 e. The number of nitrogens with zero attached hydrogens (tertiary/aromatic N) is 2. The van der Waals surface area contributed by atoms with E-state index in [1.165, 1.54) is 6.07 Å². The Morgan fingerprint density at radius 3 is 2.41 bits per heavy atom. The summed E-state index contributed by atoms with van der Waals surface area (Å²) >= 11 is 0. The van der Waals surface area contributed by atoms with E-state index in [4.69, 9.17) is 5.84 Å². The summed E-state index contributed by atoms with van der Waals surface area (Å²) in [6, 6.07) is 9.86. The first-order valence-corrected chi connectivity index (χ1v) is 8.94. The van der Waals surface area contributed by atoms with Gasteiger partial charge in [0.05, 0.1) is 33.2 Å². The molecule has 6 rings (SSSR count). The predicted molar refractivity (Wildman–Crippen MR) is 108 cm³/mol. The Labute approximate surface area is 162 Å². The van der Waals surface area contributed by atoms with Crippen LogP contribution in [-0.2, 0) is 7.05 Å². The molecule has 3 heterocycles. The Kier molecular flexibility index (Phi) is 2.68. The van der Waals surface area contributed by atoms with E-state index < -0.39 is 11.8 Å². The van der Waals surface area contributed by atoms with E-state index in [1.54, 1.807) is 41.9 Å². The topological polar surface area (TPSA) is 125 Å². The average Bonchev–Trinajstić information content (AvgIpc) is 3.27. The fraction of sp³-hybridized carbons (Fsp3) is 0.0476. The number of benzene rings is 3. The van der Waals surface area contributed by atoms with E-state index in [0.29, 0.717) is 48.6 Å². The molecule has 1 aliphatic heterocycles. The van der Waals surface area contributed by atoms with Crippen molar-refractivity contribution in [3.8, 4) is 11.5 Å². The second-order valence-electron chi connectivity index (χ2n) is 7.29. The molecule has 0 saturated heterocycles. The molecule has 0 unspecified atom stereocenters. The molecular weight excluding hydrogens is 372 g/mol. The lowest BCUT2D eigenvalue weighted by atomic mass is 9.96. The Morgan fingerprint density at radius 1 is 0.931 bits per heavy atom. The number of carbonyl (C=O) groups excluding carboxylic acids is 2. The number of H-pyrrole nitrogens is 1. The molecule has 0 spiro atoms. The highest BCUT2D eigenvalue weighted by molar-refractivity contribution is 6.39. The summed E-state index contributed by atoms with van der Waals surface area (Å²) in [6.07, 6.45) is 0. The second-order valence-corrected chi connectivity index (χ2v) is 7.29. The van der Waals surface area contributed by atoms with Gasteiger partial charge in [-0.1, -0.05) is 12.1 Å². The van der Waals surface area contributed by atoms with Crippen molar-refractivity contribution in [2.24, 2.45) is 12.9 Å². The van der Waals surface area contributed by atoms with E-state index >= 15 is 0 Å². The third-order valence-electron chi connectivity index (χ3n) is 5.83. The first-order chi connectivity index (χ1) is 13.9. The number of carbonyl (C=O) groups is 2. The number of imide groups is 1. The number of phenolic OH excluding ortho intramolecular Hbond substituents is 2. The molecule has 0 atom stereocenters. The number of hydrogen-bond donors (Lipinski definition) is 4. The third kappa shape index (κ3) is 1.68. The van der Waals surface area contributed by atoms with Crippen molar-refractivity contribution >= 4 is 55.4 Å². The normalized spacial score (nSPS) is 14.2. The van der Waals surface area contributed by atoms with Crippen LogP contribution in [0, 0.1) is 0 Å². The molecule has 142 valence electrons. The third-order valence-corrected chi connectivity index (χ3v) is 5.83. The number of fused-ring (bicyclic) bond motifs is 10. The lowest BCUT2D eigenvalue weighted by molar-refractivity contribution is 0.0655. The molecule has 1 aliphatic rings.